The van der Waals surface area contributed by atoms with Crippen LogP contribution in [-0.2, 0) is 16.6 Å². The zero-order valence-corrected chi connectivity index (χ0v) is 20.4. The largest absolute Gasteiger partial charge is 0.356 e. The van der Waals surface area contributed by atoms with Crippen molar-refractivity contribution in [2.24, 2.45) is 10.9 Å². The Kier molecular flexibility index (Phi) is 11.5. The van der Waals surface area contributed by atoms with Crippen LogP contribution in [0.3, 0.4) is 0 Å². The fourth-order valence-corrected chi connectivity index (χ4v) is 4.25. The van der Waals surface area contributed by atoms with Crippen molar-refractivity contribution in [1.29, 1.82) is 0 Å². The number of hydrogen-bond acceptors (Lipinski definition) is 3. The molecule has 1 rings (SSSR count). The van der Waals surface area contributed by atoms with Gasteiger partial charge in [0.25, 0.3) is 0 Å². The van der Waals surface area contributed by atoms with Gasteiger partial charge in [0.2, 0.25) is 10.0 Å². The van der Waals surface area contributed by atoms with Crippen molar-refractivity contribution < 1.29 is 8.42 Å². The van der Waals surface area contributed by atoms with Crippen molar-refractivity contribution in [1.82, 2.24) is 15.4 Å². The number of hydrogen-bond donors (Lipinski definition) is 3. The maximum absolute atomic E-state index is 12.7. The highest BCUT2D eigenvalue weighted by molar-refractivity contribution is 14.0. The molecule has 3 N–H and O–H groups in total. The minimum atomic E-state index is -3.59. The van der Waals surface area contributed by atoms with Gasteiger partial charge >= 0.3 is 0 Å². The Morgan fingerprint density at radius 3 is 2.22 bits per heavy atom. The van der Waals surface area contributed by atoms with Crippen LogP contribution in [0.2, 0.25) is 0 Å². The van der Waals surface area contributed by atoms with Gasteiger partial charge in [-0.05, 0) is 38.3 Å². The summed E-state index contributed by atoms with van der Waals surface area (Å²) in [6.07, 6.45) is 2.22. The summed E-state index contributed by atoms with van der Waals surface area (Å²) >= 11 is 0. The van der Waals surface area contributed by atoms with Crippen LogP contribution in [0.4, 0.5) is 0 Å². The molecule has 0 atom stereocenters. The maximum Gasteiger partial charge on any atom is 0.241 e. The molecule has 0 fully saturated rings. The summed E-state index contributed by atoms with van der Waals surface area (Å²) in [6, 6.07) is 7.03. The number of halogens is 1. The molecule has 1 aromatic carbocycles. The van der Waals surface area contributed by atoms with Crippen LogP contribution < -0.4 is 15.4 Å². The molecule has 27 heavy (non-hydrogen) atoms. The molecule has 0 aliphatic heterocycles. The Bertz CT molecular complexity index is 696. The van der Waals surface area contributed by atoms with E-state index in [0.29, 0.717) is 24.0 Å². The van der Waals surface area contributed by atoms with Crippen LogP contribution in [0.15, 0.2) is 34.2 Å². The van der Waals surface area contributed by atoms with Crippen molar-refractivity contribution in [3.63, 3.8) is 0 Å². The standard InChI is InChI=1S/C19H34N4O2S.HI/c1-7-15(8-2)13-21-18(20-6)22-14-16-11-9-10-12-17(16)26(24,25)23-19(3,4)5;/h9-12,15,23H,7-8,13-14H2,1-6H3,(H2,20,21,22);1H. The molecule has 6 nitrogen and oxygen atoms in total. The van der Waals surface area contributed by atoms with Gasteiger partial charge in [0.05, 0.1) is 4.90 Å². The molecule has 0 bridgehead atoms. The first-order valence-corrected chi connectivity index (χ1v) is 10.7. The van der Waals surface area contributed by atoms with Crippen molar-refractivity contribution in [2.45, 2.75) is 64.4 Å². The third kappa shape index (κ3) is 9.25. The van der Waals surface area contributed by atoms with Gasteiger partial charge in [-0.1, -0.05) is 44.9 Å². The fourth-order valence-electron chi connectivity index (χ4n) is 2.59. The van der Waals surface area contributed by atoms with E-state index in [1.54, 1.807) is 19.2 Å². The zero-order chi connectivity index (χ0) is 19.8. The lowest BCUT2D eigenvalue weighted by Crippen LogP contribution is -2.41. The van der Waals surface area contributed by atoms with Crippen LogP contribution in [0, 0.1) is 5.92 Å². The first-order chi connectivity index (χ1) is 12.1. The summed E-state index contributed by atoms with van der Waals surface area (Å²) in [5, 5.41) is 6.52. The van der Waals surface area contributed by atoms with Gasteiger partial charge in [0.15, 0.2) is 5.96 Å². The zero-order valence-electron chi connectivity index (χ0n) is 17.3. The molecule has 0 aromatic heterocycles. The van der Waals surface area contributed by atoms with E-state index >= 15 is 0 Å². The van der Waals surface area contributed by atoms with E-state index in [1.807, 2.05) is 32.9 Å². The van der Waals surface area contributed by atoms with E-state index in [-0.39, 0.29) is 28.9 Å². The highest BCUT2D eigenvalue weighted by atomic mass is 127. The van der Waals surface area contributed by atoms with E-state index in [4.69, 9.17) is 0 Å². The second-order valence-corrected chi connectivity index (χ2v) is 9.10. The summed E-state index contributed by atoms with van der Waals surface area (Å²) in [4.78, 5) is 4.51. The molecule has 8 heteroatoms. The number of nitrogens with zero attached hydrogens (tertiary/aromatic N) is 1. The highest BCUT2D eigenvalue weighted by Crippen LogP contribution is 2.17. The number of guanidine groups is 1. The number of nitrogens with one attached hydrogen (secondary N) is 3. The van der Waals surface area contributed by atoms with Crippen molar-refractivity contribution >= 4 is 40.0 Å². The average Bonchev–Trinajstić information content (AvgIpc) is 2.56. The number of sulfonamides is 1. The molecule has 0 saturated heterocycles. The van der Waals surface area contributed by atoms with Crippen LogP contribution in [0.1, 0.15) is 53.0 Å². The number of aliphatic imine (C=N–C) groups is 1. The van der Waals surface area contributed by atoms with E-state index in [0.717, 1.165) is 19.4 Å². The smallest absolute Gasteiger partial charge is 0.241 e. The lowest BCUT2D eigenvalue weighted by Gasteiger charge is -2.22. The lowest BCUT2D eigenvalue weighted by atomic mass is 10.0. The van der Waals surface area contributed by atoms with Crippen LogP contribution >= 0.6 is 24.0 Å². The highest BCUT2D eigenvalue weighted by Gasteiger charge is 2.24. The van der Waals surface area contributed by atoms with Gasteiger partial charge in [-0.25, -0.2) is 13.1 Å². The van der Waals surface area contributed by atoms with Gasteiger partial charge < -0.3 is 10.6 Å². The van der Waals surface area contributed by atoms with Gasteiger partial charge in [-0.2, -0.15) is 0 Å². The third-order valence-electron chi connectivity index (χ3n) is 4.09. The van der Waals surface area contributed by atoms with Gasteiger partial charge in [-0.3, -0.25) is 4.99 Å². The molecular weight excluding hydrogens is 475 g/mol. The van der Waals surface area contributed by atoms with Crippen molar-refractivity contribution in [3.8, 4) is 0 Å². The predicted molar refractivity (Wildman–Crippen MR) is 124 cm³/mol. The van der Waals surface area contributed by atoms with Gasteiger partial charge in [0.1, 0.15) is 0 Å². The van der Waals surface area contributed by atoms with E-state index in [9.17, 15) is 8.42 Å². The Morgan fingerprint density at radius 1 is 1.11 bits per heavy atom. The Hall–Kier alpha value is -0.870. The van der Waals surface area contributed by atoms with Crippen LogP contribution in [0.25, 0.3) is 0 Å². The lowest BCUT2D eigenvalue weighted by molar-refractivity contribution is 0.481. The summed E-state index contributed by atoms with van der Waals surface area (Å²) < 4.78 is 28.1. The molecule has 0 saturated carbocycles. The second-order valence-electron chi connectivity index (χ2n) is 7.45. The monoisotopic (exact) mass is 510 g/mol. The molecule has 0 amide bonds. The van der Waals surface area contributed by atoms with Crippen LogP contribution in [0.5, 0.6) is 0 Å². The quantitative estimate of drug-likeness (QED) is 0.284. The van der Waals surface area contributed by atoms with E-state index in [2.05, 4.69) is 34.2 Å². The minimum Gasteiger partial charge on any atom is -0.356 e. The molecular formula is C19H35IN4O2S. The molecule has 1 aromatic rings. The number of benzene rings is 1. The maximum atomic E-state index is 12.7. The Morgan fingerprint density at radius 2 is 1.70 bits per heavy atom. The third-order valence-corrected chi connectivity index (χ3v) is 5.94. The summed E-state index contributed by atoms with van der Waals surface area (Å²) in [6.45, 7) is 11.1. The topological polar surface area (TPSA) is 82.6 Å². The van der Waals surface area contributed by atoms with Gasteiger partial charge in [-0.15, -0.1) is 24.0 Å². The van der Waals surface area contributed by atoms with E-state index < -0.39 is 15.6 Å². The molecule has 0 spiro atoms. The fraction of sp³-hybridized carbons (Fsp3) is 0.632. The molecule has 0 heterocycles. The first kappa shape index (κ1) is 26.1. The Balaban J connectivity index is 0.00000676. The normalized spacial score (nSPS) is 12.6. The number of rotatable bonds is 8. The van der Waals surface area contributed by atoms with Crippen molar-refractivity contribution in [3.05, 3.63) is 29.8 Å². The first-order valence-electron chi connectivity index (χ1n) is 9.19. The molecule has 0 radical (unpaired) electrons. The summed E-state index contributed by atoms with van der Waals surface area (Å²) in [7, 11) is -1.87. The Labute approximate surface area is 182 Å². The second kappa shape index (κ2) is 11.9. The molecule has 0 aliphatic carbocycles. The van der Waals surface area contributed by atoms with Crippen LogP contribution in [-0.4, -0.2) is 33.5 Å². The summed E-state index contributed by atoms with van der Waals surface area (Å²) in [5.41, 5.74) is 0.168. The SMILES string of the molecule is CCC(CC)CNC(=NC)NCc1ccccc1S(=O)(=O)NC(C)(C)C.I. The summed E-state index contributed by atoms with van der Waals surface area (Å²) in [5.74, 6) is 1.27. The molecule has 156 valence electrons. The van der Waals surface area contributed by atoms with Gasteiger partial charge in [0, 0.05) is 25.7 Å². The minimum absolute atomic E-state index is 0. The average molecular weight is 510 g/mol. The molecule has 0 aliphatic rings. The predicted octanol–water partition coefficient (Wildman–Crippen LogP) is 3.48. The molecule has 0 unspecified atom stereocenters. The van der Waals surface area contributed by atoms with E-state index in [1.165, 1.54) is 0 Å². The van der Waals surface area contributed by atoms with Crippen molar-refractivity contribution in [2.75, 3.05) is 13.6 Å².